The number of methoxy groups -OCH3 is 1. The average molecular weight is 227 g/mol. The number of nitrogens with two attached hydrogens (primary N) is 1. The molecular weight excluding hydrogens is 202 g/mol. The fraction of sp³-hybridized carbons (Fsp3) is 0.923. The molecule has 94 valence electrons. The first-order valence-corrected chi connectivity index (χ1v) is 6.46. The number of ketones is 1. The third-order valence-electron chi connectivity index (χ3n) is 3.67. The van der Waals surface area contributed by atoms with Crippen LogP contribution in [0.15, 0.2) is 0 Å². The van der Waals surface area contributed by atoms with Crippen molar-refractivity contribution >= 4 is 5.78 Å². The van der Waals surface area contributed by atoms with Crippen LogP contribution in [0.5, 0.6) is 0 Å². The first kappa shape index (κ1) is 13.7. The van der Waals surface area contributed by atoms with E-state index >= 15 is 0 Å². The van der Waals surface area contributed by atoms with Gasteiger partial charge in [0.05, 0.1) is 0 Å². The molecule has 0 aromatic carbocycles. The minimum atomic E-state index is -0.00731. The fourth-order valence-corrected chi connectivity index (χ4v) is 2.68. The van der Waals surface area contributed by atoms with Gasteiger partial charge in [0.2, 0.25) is 0 Å². The molecule has 1 aliphatic carbocycles. The van der Waals surface area contributed by atoms with Crippen molar-refractivity contribution in [3.05, 3.63) is 0 Å². The summed E-state index contributed by atoms with van der Waals surface area (Å²) in [7, 11) is 1.68. The molecule has 0 spiro atoms. The number of rotatable bonds is 6. The molecule has 1 aliphatic rings. The van der Waals surface area contributed by atoms with Gasteiger partial charge in [-0.05, 0) is 25.2 Å². The molecule has 0 heterocycles. The zero-order chi connectivity index (χ0) is 12.0. The third-order valence-corrected chi connectivity index (χ3v) is 3.67. The Morgan fingerprint density at radius 2 is 2.31 bits per heavy atom. The summed E-state index contributed by atoms with van der Waals surface area (Å²) in [5.74, 6) is 1.16. The molecule has 0 bridgehead atoms. The molecule has 1 saturated carbocycles. The molecule has 0 aromatic rings. The molecular formula is C13H25NO2. The molecule has 3 unspecified atom stereocenters. The number of hydrogen-bond acceptors (Lipinski definition) is 3. The van der Waals surface area contributed by atoms with Crippen LogP contribution in [0.25, 0.3) is 0 Å². The van der Waals surface area contributed by atoms with Crippen LogP contribution < -0.4 is 5.73 Å². The monoisotopic (exact) mass is 227 g/mol. The fourth-order valence-electron chi connectivity index (χ4n) is 2.68. The van der Waals surface area contributed by atoms with Crippen LogP contribution in [0.2, 0.25) is 0 Å². The standard InChI is InChI=1S/C13H25NO2/c1-3-4-10-5-6-13(15)11(9-10)12(14)7-8-16-2/h10-12H,3-9,14H2,1-2H3. The van der Waals surface area contributed by atoms with Gasteiger partial charge in [-0.1, -0.05) is 19.8 Å². The quantitative estimate of drug-likeness (QED) is 0.756. The highest BCUT2D eigenvalue weighted by Gasteiger charge is 2.32. The Morgan fingerprint density at radius 3 is 2.94 bits per heavy atom. The second kappa shape index (κ2) is 7.02. The Hall–Kier alpha value is -0.410. The molecule has 0 aliphatic heterocycles. The molecule has 1 fully saturated rings. The lowest BCUT2D eigenvalue weighted by Gasteiger charge is -2.31. The van der Waals surface area contributed by atoms with E-state index in [4.69, 9.17) is 10.5 Å². The van der Waals surface area contributed by atoms with Crippen molar-refractivity contribution in [2.45, 2.75) is 51.5 Å². The largest absolute Gasteiger partial charge is 0.385 e. The smallest absolute Gasteiger partial charge is 0.137 e. The molecule has 0 aromatic heterocycles. The van der Waals surface area contributed by atoms with E-state index in [9.17, 15) is 4.79 Å². The Labute approximate surface area is 98.7 Å². The first-order valence-electron chi connectivity index (χ1n) is 6.46. The molecule has 0 saturated heterocycles. The molecule has 3 heteroatoms. The summed E-state index contributed by atoms with van der Waals surface area (Å²) in [5.41, 5.74) is 6.08. The molecule has 2 N–H and O–H groups in total. The van der Waals surface area contributed by atoms with Crippen LogP contribution in [-0.2, 0) is 9.53 Å². The highest BCUT2D eigenvalue weighted by Crippen LogP contribution is 2.31. The number of carbonyl (C=O) groups excluding carboxylic acids is 1. The van der Waals surface area contributed by atoms with Crippen LogP contribution in [0, 0.1) is 11.8 Å². The van der Waals surface area contributed by atoms with E-state index in [1.807, 2.05) is 0 Å². The molecule has 1 rings (SSSR count). The SMILES string of the molecule is CCCC1CCC(=O)C(C(N)CCOC)C1. The predicted octanol–water partition coefficient (Wildman–Crippen LogP) is 2.14. The van der Waals surface area contributed by atoms with Crippen LogP contribution >= 0.6 is 0 Å². The lowest BCUT2D eigenvalue weighted by Crippen LogP contribution is -2.40. The van der Waals surface area contributed by atoms with Gasteiger partial charge in [-0.2, -0.15) is 0 Å². The summed E-state index contributed by atoms with van der Waals surface area (Å²) < 4.78 is 5.02. The zero-order valence-corrected chi connectivity index (χ0v) is 10.6. The second-order valence-electron chi connectivity index (χ2n) is 4.95. The van der Waals surface area contributed by atoms with Crippen molar-refractivity contribution in [1.29, 1.82) is 0 Å². The average Bonchev–Trinajstić information content (AvgIpc) is 2.29. The lowest BCUT2D eigenvalue weighted by molar-refractivity contribution is -0.126. The van der Waals surface area contributed by atoms with Crippen molar-refractivity contribution in [2.24, 2.45) is 17.6 Å². The van der Waals surface area contributed by atoms with Crippen molar-refractivity contribution in [2.75, 3.05) is 13.7 Å². The Bertz CT molecular complexity index is 218. The van der Waals surface area contributed by atoms with E-state index in [2.05, 4.69) is 6.92 Å². The van der Waals surface area contributed by atoms with Crippen LogP contribution in [0.4, 0.5) is 0 Å². The maximum atomic E-state index is 11.8. The second-order valence-corrected chi connectivity index (χ2v) is 4.95. The summed E-state index contributed by atoms with van der Waals surface area (Å²) in [6, 6.07) is -0.00731. The predicted molar refractivity (Wildman–Crippen MR) is 65.2 cm³/mol. The number of ether oxygens (including phenoxy) is 1. The van der Waals surface area contributed by atoms with E-state index in [1.54, 1.807) is 7.11 Å². The maximum Gasteiger partial charge on any atom is 0.137 e. The lowest BCUT2D eigenvalue weighted by atomic mass is 9.75. The van der Waals surface area contributed by atoms with E-state index in [0.717, 1.165) is 25.7 Å². The number of hydrogen-bond donors (Lipinski definition) is 1. The van der Waals surface area contributed by atoms with Gasteiger partial charge in [0.1, 0.15) is 5.78 Å². The maximum absolute atomic E-state index is 11.8. The minimum Gasteiger partial charge on any atom is -0.385 e. The molecule has 3 atom stereocenters. The van der Waals surface area contributed by atoms with Crippen LogP contribution in [0.3, 0.4) is 0 Å². The number of carbonyl (C=O) groups is 1. The summed E-state index contributed by atoms with van der Waals surface area (Å²) >= 11 is 0. The highest BCUT2D eigenvalue weighted by molar-refractivity contribution is 5.82. The Morgan fingerprint density at radius 1 is 1.56 bits per heavy atom. The van der Waals surface area contributed by atoms with E-state index < -0.39 is 0 Å². The highest BCUT2D eigenvalue weighted by atomic mass is 16.5. The molecule has 16 heavy (non-hydrogen) atoms. The van der Waals surface area contributed by atoms with Crippen molar-refractivity contribution in [3.8, 4) is 0 Å². The Kier molecular flexibility index (Phi) is 5.99. The van der Waals surface area contributed by atoms with Gasteiger partial charge < -0.3 is 10.5 Å². The van der Waals surface area contributed by atoms with Gasteiger partial charge in [0.15, 0.2) is 0 Å². The van der Waals surface area contributed by atoms with Gasteiger partial charge in [0.25, 0.3) is 0 Å². The topological polar surface area (TPSA) is 52.3 Å². The summed E-state index contributed by atoms with van der Waals surface area (Å²) in [5, 5.41) is 0. The zero-order valence-electron chi connectivity index (χ0n) is 10.6. The van der Waals surface area contributed by atoms with Gasteiger partial charge in [-0.3, -0.25) is 4.79 Å². The first-order chi connectivity index (χ1) is 7.69. The molecule has 0 radical (unpaired) electrons. The van der Waals surface area contributed by atoms with Gasteiger partial charge >= 0.3 is 0 Å². The van der Waals surface area contributed by atoms with Crippen molar-refractivity contribution < 1.29 is 9.53 Å². The van der Waals surface area contributed by atoms with Gasteiger partial charge in [-0.25, -0.2) is 0 Å². The van der Waals surface area contributed by atoms with Crippen molar-refractivity contribution in [3.63, 3.8) is 0 Å². The molecule has 3 nitrogen and oxygen atoms in total. The third kappa shape index (κ3) is 3.87. The van der Waals surface area contributed by atoms with Crippen LogP contribution in [-0.4, -0.2) is 25.5 Å². The van der Waals surface area contributed by atoms with E-state index in [-0.39, 0.29) is 12.0 Å². The van der Waals surface area contributed by atoms with Crippen LogP contribution in [0.1, 0.15) is 45.4 Å². The normalized spacial score (nSPS) is 28.1. The summed E-state index contributed by atoms with van der Waals surface area (Å²) in [4.78, 5) is 11.8. The van der Waals surface area contributed by atoms with E-state index in [1.165, 1.54) is 12.8 Å². The Balaban J connectivity index is 2.45. The minimum absolute atomic E-state index is 0.00731. The van der Waals surface area contributed by atoms with Gasteiger partial charge in [0, 0.05) is 32.1 Å². The summed E-state index contributed by atoms with van der Waals surface area (Å²) in [6.45, 7) is 2.86. The summed E-state index contributed by atoms with van der Waals surface area (Å²) in [6.07, 6.45) is 6.04. The molecule has 0 amide bonds. The van der Waals surface area contributed by atoms with E-state index in [0.29, 0.717) is 18.3 Å². The number of Topliss-reactive ketones (excluding diaryl/α,β-unsaturated/α-hetero) is 1. The van der Waals surface area contributed by atoms with Gasteiger partial charge in [-0.15, -0.1) is 0 Å². The van der Waals surface area contributed by atoms with Crippen molar-refractivity contribution in [1.82, 2.24) is 0 Å².